The van der Waals surface area contributed by atoms with Gasteiger partial charge in [0.1, 0.15) is 12.3 Å². The maximum atomic E-state index is 12.4. The van der Waals surface area contributed by atoms with Gasteiger partial charge in [0.05, 0.1) is 12.8 Å². The van der Waals surface area contributed by atoms with Gasteiger partial charge in [0.25, 0.3) is 6.43 Å². The van der Waals surface area contributed by atoms with Crippen molar-refractivity contribution in [2.45, 2.75) is 44.2 Å². The molecule has 0 unspecified atom stereocenters. The number of hydrogen-bond acceptors (Lipinski definition) is 7. The van der Waals surface area contributed by atoms with Crippen molar-refractivity contribution in [2.24, 2.45) is 21.5 Å². The Kier molecular flexibility index (Phi) is 5.15. The van der Waals surface area contributed by atoms with Crippen LogP contribution in [0, 0.1) is 0 Å². The molecular formula is C17H23F2N5O2. The summed E-state index contributed by atoms with van der Waals surface area (Å²) in [5.74, 6) is 1.00. The first-order valence-corrected chi connectivity index (χ1v) is 8.54. The number of halogens is 2. The van der Waals surface area contributed by atoms with Gasteiger partial charge >= 0.3 is 0 Å². The molecule has 9 heteroatoms. The Bertz CT molecular complexity index is 717. The third-order valence-corrected chi connectivity index (χ3v) is 4.62. The summed E-state index contributed by atoms with van der Waals surface area (Å²) in [6, 6.07) is 5.01. The van der Waals surface area contributed by atoms with Crippen LogP contribution < -0.4 is 25.8 Å². The fourth-order valence-electron chi connectivity index (χ4n) is 3.56. The van der Waals surface area contributed by atoms with Crippen molar-refractivity contribution in [3.63, 3.8) is 0 Å². The van der Waals surface area contributed by atoms with Crippen molar-refractivity contribution in [3.8, 4) is 11.5 Å². The predicted octanol–water partition coefficient (Wildman–Crippen LogP) is 2.45. The first-order chi connectivity index (χ1) is 12.4. The third kappa shape index (κ3) is 3.51. The Balaban J connectivity index is 1.96. The van der Waals surface area contributed by atoms with Crippen LogP contribution in [0.5, 0.6) is 11.5 Å². The van der Waals surface area contributed by atoms with Crippen LogP contribution in [0.1, 0.15) is 32.1 Å². The summed E-state index contributed by atoms with van der Waals surface area (Å²) in [5, 5.41) is 0. The van der Waals surface area contributed by atoms with Gasteiger partial charge in [0.2, 0.25) is 11.9 Å². The van der Waals surface area contributed by atoms with E-state index in [9.17, 15) is 8.78 Å². The van der Waals surface area contributed by atoms with Crippen LogP contribution in [-0.2, 0) is 0 Å². The van der Waals surface area contributed by atoms with Crippen LogP contribution in [-0.4, -0.2) is 37.7 Å². The maximum Gasteiger partial charge on any atom is 0.272 e. The number of guanidine groups is 2. The summed E-state index contributed by atoms with van der Waals surface area (Å²) in [6.45, 7) is -0.701. The molecule has 1 heterocycles. The standard InChI is InChI=1S/C17H23F2N5O2/c1-25-13-9-11(5-6-12(13)26-10-14(18)19)24-16(21)22-15(20)23-17(24)7-3-2-4-8-17/h5-6,9,14H,2-4,7-8,10H2,1H3,(H4,20,21,22,23). The summed E-state index contributed by atoms with van der Waals surface area (Å²) in [6.07, 6.45) is 2.19. The molecule has 26 heavy (non-hydrogen) atoms. The highest BCUT2D eigenvalue weighted by molar-refractivity contribution is 6.05. The number of benzene rings is 1. The van der Waals surface area contributed by atoms with E-state index in [2.05, 4.69) is 9.98 Å². The Labute approximate surface area is 150 Å². The lowest BCUT2D eigenvalue weighted by Gasteiger charge is -2.45. The van der Waals surface area contributed by atoms with Crippen LogP contribution in [0.4, 0.5) is 14.5 Å². The molecule has 0 aromatic heterocycles. The topological polar surface area (TPSA) is 98.5 Å². The van der Waals surface area contributed by atoms with Gasteiger partial charge in [-0.1, -0.05) is 6.42 Å². The predicted molar refractivity (Wildman–Crippen MR) is 96.0 cm³/mol. The van der Waals surface area contributed by atoms with Crippen LogP contribution in [0.25, 0.3) is 0 Å². The molecule has 142 valence electrons. The van der Waals surface area contributed by atoms with Crippen molar-refractivity contribution in [1.29, 1.82) is 0 Å². The normalized spacial score (nSPS) is 19.3. The molecule has 1 fully saturated rings. The second kappa shape index (κ2) is 7.35. The molecule has 0 bridgehead atoms. The monoisotopic (exact) mass is 367 g/mol. The number of ether oxygens (including phenoxy) is 2. The number of methoxy groups -OCH3 is 1. The lowest BCUT2D eigenvalue weighted by atomic mass is 9.87. The second-order valence-electron chi connectivity index (χ2n) is 6.36. The highest BCUT2D eigenvalue weighted by Gasteiger charge is 2.42. The number of anilines is 1. The van der Waals surface area contributed by atoms with E-state index in [-0.39, 0.29) is 17.7 Å². The Morgan fingerprint density at radius 2 is 1.92 bits per heavy atom. The molecule has 0 amide bonds. The van der Waals surface area contributed by atoms with Crippen LogP contribution in [0.2, 0.25) is 0 Å². The van der Waals surface area contributed by atoms with Crippen LogP contribution in [0.3, 0.4) is 0 Å². The first kappa shape index (κ1) is 18.2. The molecule has 1 saturated carbocycles. The number of rotatable bonds is 5. The molecule has 0 atom stereocenters. The van der Waals surface area contributed by atoms with Crippen LogP contribution >= 0.6 is 0 Å². The highest BCUT2D eigenvalue weighted by Crippen LogP contribution is 2.41. The second-order valence-corrected chi connectivity index (χ2v) is 6.36. The average Bonchev–Trinajstić information content (AvgIpc) is 2.60. The van der Waals surface area contributed by atoms with Crippen molar-refractivity contribution in [2.75, 3.05) is 18.6 Å². The summed E-state index contributed by atoms with van der Waals surface area (Å²) < 4.78 is 35.3. The molecule has 0 saturated heterocycles. The summed E-state index contributed by atoms with van der Waals surface area (Å²) in [5.41, 5.74) is 12.2. The van der Waals surface area contributed by atoms with Gasteiger partial charge in [0, 0.05) is 6.07 Å². The molecule has 2 aliphatic rings. The number of aliphatic imine (C=N–C) groups is 2. The molecule has 7 nitrogen and oxygen atoms in total. The Morgan fingerprint density at radius 3 is 2.58 bits per heavy atom. The molecule has 1 aliphatic carbocycles. The largest absolute Gasteiger partial charge is 0.493 e. The zero-order valence-electron chi connectivity index (χ0n) is 14.6. The van der Waals surface area contributed by atoms with E-state index in [0.717, 1.165) is 32.1 Å². The van der Waals surface area contributed by atoms with Crippen molar-refractivity contribution < 1.29 is 18.3 Å². The van der Waals surface area contributed by atoms with E-state index in [1.807, 2.05) is 4.90 Å². The van der Waals surface area contributed by atoms with Gasteiger partial charge in [-0.05, 0) is 37.8 Å². The maximum absolute atomic E-state index is 12.4. The highest BCUT2D eigenvalue weighted by atomic mass is 19.3. The van der Waals surface area contributed by atoms with E-state index in [1.165, 1.54) is 7.11 Å². The van der Waals surface area contributed by atoms with E-state index >= 15 is 0 Å². The fraction of sp³-hybridized carbons (Fsp3) is 0.529. The quantitative estimate of drug-likeness (QED) is 0.833. The minimum absolute atomic E-state index is 0.171. The zero-order valence-corrected chi connectivity index (χ0v) is 14.6. The minimum Gasteiger partial charge on any atom is -0.493 e. The van der Waals surface area contributed by atoms with Gasteiger partial charge in [-0.2, -0.15) is 4.99 Å². The minimum atomic E-state index is -2.56. The Hall–Kier alpha value is -2.58. The van der Waals surface area contributed by atoms with Gasteiger partial charge in [-0.25, -0.2) is 13.8 Å². The van der Waals surface area contributed by atoms with Crippen LogP contribution in [0.15, 0.2) is 28.2 Å². The molecular weight excluding hydrogens is 344 g/mol. The van der Waals surface area contributed by atoms with E-state index in [1.54, 1.807) is 18.2 Å². The lowest BCUT2D eigenvalue weighted by molar-refractivity contribution is 0.0804. The Morgan fingerprint density at radius 1 is 1.19 bits per heavy atom. The molecule has 1 spiro atoms. The molecule has 3 rings (SSSR count). The number of hydrogen-bond donors (Lipinski definition) is 2. The van der Waals surface area contributed by atoms with Crippen molar-refractivity contribution in [3.05, 3.63) is 18.2 Å². The van der Waals surface area contributed by atoms with Crippen molar-refractivity contribution in [1.82, 2.24) is 0 Å². The smallest absolute Gasteiger partial charge is 0.272 e. The molecule has 4 N–H and O–H groups in total. The summed E-state index contributed by atoms with van der Waals surface area (Å²) in [4.78, 5) is 10.6. The van der Waals surface area contributed by atoms with E-state index < -0.39 is 18.7 Å². The van der Waals surface area contributed by atoms with Gasteiger partial charge in [-0.15, -0.1) is 0 Å². The fourth-order valence-corrected chi connectivity index (χ4v) is 3.56. The van der Waals surface area contributed by atoms with E-state index in [4.69, 9.17) is 20.9 Å². The first-order valence-electron chi connectivity index (χ1n) is 8.54. The third-order valence-electron chi connectivity index (χ3n) is 4.62. The summed E-state index contributed by atoms with van der Waals surface area (Å²) in [7, 11) is 1.45. The molecule has 1 aromatic rings. The zero-order chi connectivity index (χ0) is 18.7. The molecule has 0 radical (unpaired) electrons. The molecule has 1 aromatic carbocycles. The lowest BCUT2D eigenvalue weighted by Crippen LogP contribution is -2.58. The molecule has 1 aliphatic heterocycles. The van der Waals surface area contributed by atoms with Crippen molar-refractivity contribution >= 4 is 17.6 Å². The number of alkyl halides is 2. The summed E-state index contributed by atoms with van der Waals surface area (Å²) >= 11 is 0. The van der Waals surface area contributed by atoms with Gasteiger partial charge in [0.15, 0.2) is 11.5 Å². The number of nitrogens with two attached hydrogens (primary N) is 2. The van der Waals surface area contributed by atoms with Gasteiger partial charge in [-0.3, -0.25) is 4.90 Å². The van der Waals surface area contributed by atoms with E-state index in [0.29, 0.717) is 11.4 Å². The number of nitrogens with zero attached hydrogens (tertiary/aromatic N) is 3. The van der Waals surface area contributed by atoms with Gasteiger partial charge < -0.3 is 20.9 Å². The SMILES string of the molecule is COc1cc(N2C(N)=NC(N)=NC23CCCCC3)ccc1OCC(F)F. The average molecular weight is 367 g/mol.